The van der Waals surface area contributed by atoms with E-state index in [9.17, 15) is 22.4 Å². The van der Waals surface area contributed by atoms with Gasteiger partial charge in [-0.2, -0.15) is 18.2 Å². The molecule has 1 amide bonds. The molecule has 2 aliphatic rings. The molecule has 6 rings (SSSR count). The predicted octanol–water partition coefficient (Wildman–Crippen LogP) is 4.28. The summed E-state index contributed by atoms with van der Waals surface area (Å²) in [5.74, 6) is 0.0549. The maximum absolute atomic E-state index is 13.5. The third kappa shape index (κ3) is 4.52. The summed E-state index contributed by atoms with van der Waals surface area (Å²) in [4.78, 5) is 26.7. The Bertz CT molecular complexity index is 1490. The standard InChI is InChI=1S/C24H20F4N8O/c25-14-8-18-19(29-10-14)12-35(22(18)37)17-3-4-20(30-11-17)31-15-1-2-16(9-15)32-23-33-21-7-13(24(26,27)28)5-6-36(21)34-23/h3-8,10-11,15-16H,1-2,9,12H2,(H,30,31)(H,32,34)/t15-,16-/m0/s1. The summed E-state index contributed by atoms with van der Waals surface area (Å²) < 4.78 is 53.6. The highest BCUT2D eigenvalue weighted by molar-refractivity contribution is 6.09. The fourth-order valence-electron chi connectivity index (χ4n) is 4.74. The number of aromatic nitrogens is 5. The minimum absolute atomic E-state index is 0.0462. The first-order valence-corrected chi connectivity index (χ1v) is 11.6. The third-order valence-electron chi connectivity index (χ3n) is 6.56. The lowest BCUT2D eigenvalue weighted by molar-refractivity contribution is -0.137. The summed E-state index contributed by atoms with van der Waals surface area (Å²) in [7, 11) is 0. The SMILES string of the molecule is O=C1c2cc(F)cnc2CN1c1ccc(N[C@H]2CC[C@H](Nc3nc4cc(C(F)(F)F)ccn4n3)C2)nc1. The van der Waals surface area contributed by atoms with E-state index in [0.717, 1.165) is 37.6 Å². The number of halogens is 4. The molecule has 1 saturated carbocycles. The van der Waals surface area contributed by atoms with Crippen LogP contribution < -0.4 is 15.5 Å². The van der Waals surface area contributed by atoms with Crippen molar-refractivity contribution < 1.29 is 22.4 Å². The summed E-state index contributed by atoms with van der Waals surface area (Å²) >= 11 is 0. The average molecular weight is 512 g/mol. The first-order valence-electron chi connectivity index (χ1n) is 11.6. The van der Waals surface area contributed by atoms with Crippen molar-refractivity contribution in [1.29, 1.82) is 0 Å². The van der Waals surface area contributed by atoms with Crippen LogP contribution in [0.4, 0.5) is 35.0 Å². The first-order chi connectivity index (χ1) is 17.7. The number of fused-ring (bicyclic) bond motifs is 2. The van der Waals surface area contributed by atoms with Gasteiger partial charge < -0.3 is 15.5 Å². The maximum atomic E-state index is 13.5. The van der Waals surface area contributed by atoms with Gasteiger partial charge in [0.2, 0.25) is 5.95 Å². The number of pyridine rings is 3. The Kier molecular flexibility index (Phi) is 5.42. The Morgan fingerprint density at radius 1 is 1.00 bits per heavy atom. The Labute approximate surface area is 207 Å². The Hall–Kier alpha value is -4.29. The lowest BCUT2D eigenvalue weighted by Gasteiger charge is -2.17. The van der Waals surface area contributed by atoms with E-state index in [2.05, 4.69) is 30.7 Å². The largest absolute Gasteiger partial charge is 0.416 e. The molecule has 1 fully saturated rings. The van der Waals surface area contributed by atoms with Crippen molar-refractivity contribution in [2.75, 3.05) is 15.5 Å². The molecular weight excluding hydrogens is 492 g/mol. The van der Waals surface area contributed by atoms with Crippen LogP contribution in [-0.2, 0) is 12.7 Å². The summed E-state index contributed by atoms with van der Waals surface area (Å²) in [5, 5.41) is 10.8. The Balaban J connectivity index is 1.06. The van der Waals surface area contributed by atoms with E-state index in [4.69, 9.17) is 0 Å². The molecule has 9 nitrogen and oxygen atoms in total. The molecule has 2 atom stereocenters. The molecule has 0 unspecified atom stereocenters. The van der Waals surface area contributed by atoms with Crippen LogP contribution >= 0.6 is 0 Å². The van der Waals surface area contributed by atoms with Crippen LogP contribution in [-0.4, -0.2) is 42.6 Å². The van der Waals surface area contributed by atoms with Crippen molar-refractivity contribution in [2.24, 2.45) is 0 Å². The zero-order valence-electron chi connectivity index (χ0n) is 19.2. The Morgan fingerprint density at radius 2 is 1.81 bits per heavy atom. The molecule has 5 heterocycles. The van der Waals surface area contributed by atoms with Crippen LogP contribution in [0, 0.1) is 5.82 Å². The number of hydrogen-bond donors (Lipinski definition) is 2. The molecule has 0 bridgehead atoms. The molecule has 0 radical (unpaired) electrons. The molecule has 1 aliphatic heterocycles. The summed E-state index contributed by atoms with van der Waals surface area (Å²) in [6.07, 6.45) is 1.90. The van der Waals surface area contributed by atoms with Crippen LogP contribution in [0.2, 0.25) is 0 Å². The van der Waals surface area contributed by atoms with Crippen LogP contribution in [0.3, 0.4) is 0 Å². The molecule has 1 aliphatic carbocycles. The second-order valence-electron chi connectivity index (χ2n) is 9.09. The summed E-state index contributed by atoms with van der Waals surface area (Å²) in [6.45, 7) is 0.257. The highest BCUT2D eigenvalue weighted by Crippen LogP contribution is 2.31. The molecule has 37 heavy (non-hydrogen) atoms. The van der Waals surface area contributed by atoms with Gasteiger partial charge in [-0.05, 0) is 49.6 Å². The molecule has 13 heteroatoms. The third-order valence-corrected chi connectivity index (χ3v) is 6.56. The van der Waals surface area contributed by atoms with Gasteiger partial charge in [0.1, 0.15) is 11.6 Å². The average Bonchev–Trinajstić information content (AvgIpc) is 3.56. The molecule has 2 N–H and O–H groups in total. The van der Waals surface area contributed by atoms with E-state index in [1.54, 1.807) is 18.3 Å². The molecule has 190 valence electrons. The van der Waals surface area contributed by atoms with Gasteiger partial charge in [0.05, 0.1) is 41.4 Å². The number of hydrogen-bond acceptors (Lipinski definition) is 7. The van der Waals surface area contributed by atoms with Gasteiger partial charge in [-0.15, -0.1) is 5.10 Å². The van der Waals surface area contributed by atoms with Gasteiger partial charge in [0.25, 0.3) is 5.91 Å². The lowest BCUT2D eigenvalue weighted by Crippen LogP contribution is -2.24. The molecule has 4 aromatic rings. The van der Waals surface area contributed by atoms with Gasteiger partial charge in [-0.3, -0.25) is 9.78 Å². The van der Waals surface area contributed by atoms with Gasteiger partial charge in [-0.1, -0.05) is 0 Å². The maximum Gasteiger partial charge on any atom is 0.416 e. The van der Waals surface area contributed by atoms with Crippen LogP contribution in [0.5, 0.6) is 0 Å². The number of carbonyl (C=O) groups excluding carboxylic acids is 1. The van der Waals surface area contributed by atoms with E-state index in [1.807, 2.05) is 0 Å². The monoisotopic (exact) mass is 512 g/mol. The van der Waals surface area contributed by atoms with Gasteiger partial charge in [0.15, 0.2) is 5.65 Å². The molecule has 4 aromatic heterocycles. The molecule has 0 aromatic carbocycles. The van der Waals surface area contributed by atoms with Crippen LogP contribution in [0.15, 0.2) is 48.9 Å². The highest BCUT2D eigenvalue weighted by atomic mass is 19.4. The number of rotatable bonds is 5. The number of anilines is 3. The van der Waals surface area contributed by atoms with Crippen LogP contribution in [0.25, 0.3) is 5.65 Å². The van der Waals surface area contributed by atoms with Crippen LogP contribution in [0.1, 0.15) is 40.9 Å². The fourth-order valence-corrected chi connectivity index (χ4v) is 4.74. The van der Waals surface area contributed by atoms with Gasteiger partial charge >= 0.3 is 6.18 Å². The number of alkyl halides is 3. The minimum Gasteiger partial charge on any atom is -0.367 e. The number of nitrogens with zero attached hydrogens (tertiary/aromatic N) is 6. The molecular formula is C24H20F4N8O. The van der Waals surface area contributed by atoms with Crippen molar-refractivity contribution in [2.45, 2.75) is 44.1 Å². The lowest BCUT2D eigenvalue weighted by atomic mass is 10.2. The smallest absolute Gasteiger partial charge is 0.367 e. The van der Waals surface area contributed by atoms with Crippen molar-refractivity contribution in [1.82, 2.24) is 24.6 Å². The molecule has 0 saturated heterocycles. The van der Waals surface area contributed by atoms with Crippen molar-refractivity contribution >= 4 is 29.0 Å². The zero-order chi connectivity index (χ0) is 25.7. The van der Waals surface area contributed by atoms with E-state index >= 15 is 0 Å². The van der Waals surface area contributed by atoms with Gasteiger partial charge in [0, 0.05) is 18.3 Å². The second-order valence-corrected chi connectivity index (χ2v) is 9.09. The molecule has 0 spiro atoms. The van der Waals surface area contributed by atoms with Crippen molar-refractivity contribution in [3.05, 3.63) is 71.6 Å². The Morgan fingerprint density at radius 3 is 2.57 bits per heavy atom. The topological polar surface area (TPSA) is 100 Å². The first kappa shape index (κ1) is 23.1. The summed E-state index contributed by atoms with van der Waals surface area (Å²) in [5.41, 5.74) is 0.722. The van der Waals surface area contributed by atoms with Gasteiger partial charge in [-0.25, -0.2) is 13.9 Å². The van der Waals surface area contributed by atoms with Crippen molar-refractivity contribution in [3.63, 3.8) is 0 Å². The fraction of sp³-hybridized carbons (Fsp3) is 0.292. The highest BCUT2D eigenvalue weighted by Gasteiger charge is 2.32. The minimum atomic E-state index is -4.44. The number of amides is 1. The second kappa shape index (κ2) is 8.68. The van der Waals surface area contributed by atoms with Crippen molar-refractivity contribution in [3.8, 4) is 0 Å². The summed E-state index contributed by atoms with van der Waals surface area (Å²) in [6, 6.07) is 6.85. The number of nitrogens with one attached hydrogen (secondary N) is 2. The van der Waals surface area contributed by atoms with E-state index in [-0.39, 0.29) is 41.7 Å². The zero-order valence-corrected chi connectivity index (χ0v) is 19.2. The quantitative estimate of drug-likeness (QED) is 0.385. The van der Waals surface area contributed by atoms with E-state index < -0.39 is 17.6 Å². The predicted molar refractivity (Wildman–Crippen MR) is 126 cm³/mol. The van der Waals surface area contributed by atoms with E-state index in [1.165, 1.54) is 21.7 Å². The van der Waals surface area contributed by atoms with E-state index in [0.29, 0.717) is 17.2 Å². The number of carbonyl (C=O) groups is 1. The normalized spacial score (nSPS) is 19.5.